The lowest BCUT2D eigenvalue weighted by Crippen LogP contribution is -2.09. The molecule has 0 aromatic heterocycles. The lowest BCUT2D eigenvalue weighted by Gasteiger charge is -2.04. The van der Waals surface area contributed by atoms with Gasteiger partial charge in [-0.15, -0.1) is 0 Å². The monoisotopic (exact) mass is 238 g/mol. The standard InChI is InChI=1S/C10H10N2O5/c1-6(13)11-7-3-4-8(10(14)17-2)9(5-7)12(15)16/h3-5H,1-2H3,(H,11,13). The summed E-state index contributed by atoms with van der Waals surface area (Å²) in [5.74, 6) is -1.16. The average Bonchev–Trinajstić information content (AvgIpc) is 2.27. The molecule has 0 aliphatic heterocycles. The fourth-order valence-corrected chi connectivity index (χ4v) is 1.25. The predicted octanol–water partition coefficient (Wildman–Crippen LogP) is 1.34. The number of methoxy groups -OCH3 is 1. The van der Waals surface area contributed by atoms with Crippen LogP contribution in [0.1, 0.15) is 17.3 Å². The van der Waals surface area contributed by atoms with Crippen LogP contribution in [0.5, 0.6) is 0 Å². The fourth-order valence-electron chi connectivity index (χ4n) is 1.25. The van der Waals surface area contributed by atoms with E-state index in [4.69, 9.17) is 0 Å². The maximum Gasteiger partial charge on any atom is 0.344 e. The lowest BCUT2D eigenvalue weighted by atomic mass is 10.1. The molecule has 1 amide bonds. The van der Waals surface area contributed by atoms with Crippen LogP contribution in [0.25, 0.3) is 0 Å². The Morgan fingerprint density at radius 3 is 2.53 bits per heavy atom. The maximum atomic E-state index is 11.3. The SMILES string of the molecule is COC(=O)c1ccc(NC(C)=O)cc1[N+](=O)[O-]. The molecule has 0 fully saturated rings. The molecule has 0 atom stereocenters. The maximum absolute atomic E-state index is 11.3. The van der Waals surface area contributed by atoms with Crippen LogP contribution >= 0.6 is 0 Å². The number of benzene rings is 1. The minimum atomic E-state index is -0.800. The summed E-state index contributed by atoms with van der Waals surface area (Å²) in [6.07, 6.45) is 0. The number of nitro benzene ring substituents is 1. The number of rotatable bonds is 3. The highest BCUT2D eigenvalue weighted by Crippen LogP contribution is 2.23. The Bertz CT molecular complexity index is 484. The predicted molar refractivity (Wildman–Crippen MR) is 58.7 cm³/mol. The number of hydrogen-bond donors (Lipinski definition) is 1. The zero-order chi connectivity index (χ0) is 13.0. The third-order valence-electron chi connectivity index (χ3n) is 1.92. The van der Waals surface area contributed by atoms with Gasteiger partial charge in [0.05, 0.1) is 12.0 Å². The number of anilines is 1. The molecule has 0 heterocycles. The van der Waals surface area contributed by atoms with Crippen molar-refractivity contribution in [2.24, 2.45) is 0 Å². The van der Waals surface area contributed by atoms with Crippen molar-refractivity contribution in [1.29, 1.82) is 0 Å². The Morgan fingerprint density at radius 1 is 1.41 bits per heavy atom. The van der Waals surface area contributed by atoms with E-state index in [0.29, 0.717) is 0 Å². The highest BCUT2D eigenvalue weighted by molar-refractivity contribution is 5.96. The summed E-state index contributed by atoms with van der Waals surface area (Å²) in [4.78, 5) is 32.1. The zero-order valence-corrected chi connectivity index (χ0v) is 9.22. The summed E-state index contributed by atoms with van der Waals surface area (Å²) in [7, 11) is 1.13. The van der Waals surface area contributed by atoms with E-state index in [-0.39, 0.29) is 17.2 Å². The Balaban J connectivity index is 3.22. The summed E-state index contributed by atoms with van der Waals surface area (Å²) < 4.78 is 4.42. The third kappa shape index (κ3) is 3.00. The van der Waals surface area contributed by atoms with Crippen LogP contribution in [0.15, 0.2) is 18.2 Å². The van der Waals surface area contributed by atoms with Crippen LogP contribution in [0.2, 0.25) is 0 Å². The molecule has 0 aliphatic carbocycles. The molecule has 1 aromatic carbocycles. The molecule has 0 saturated carbocycles. The normalized spacial score (nSPS) is 9.53. The summed E-state index contributed by atoms with van der Waals surface area (Å²) in [6, 6.07) is 3.73. The first-order valence-corrected chi connectivity index (χ1v) is 4.60. The minimum absolute atomic E-state index is 0.161. The molecule has 7 heteroatoms. The van der Waals surface area contributed by atoms with Crippen molar-refractivity contribution in [1.82, 2.24) is 0 Å². The molecule has 1 rings (SSSR count). The van der Waals surface area contributed by atoms with Gasteiger partial charge in [0, 0.05) is 18.7 Å². The number of nitrogens with one attached hydrogen (secondary N) is 1. The van der Waals surface area contributed by atoms with E-state index in [1.807, 2.05) is 0 Å². The van der Waals surface area contributed by atoms with Crippen molar-refractivity contribution in [3.8, 4) is 0 Å². The Morgan fingerprint density at radius 2 is 2.06 bits per heavy atom. The van der Waals surface area contributed by atoms with Gasteiger partial charge < -0.3 is 10.1 Å². The molecule has 90 valence electrons. The number of nitrogens with zero attached hydrogens (tertiary/aromatic N) is 1. The van der Waals surface area contributed by atoms with Gasteiger partial charge in [-0.2, -0.15) is 0 Å². The number of nitro groups is 1. The Hall–Kier alpha value is -2.44. The minimum Gasteiger partial charge on any atom is -0.465 e. The Labute approximate surface area is 96.5 Å². The van der Waals surface area contributed by atoms with E-state index in [1.54, 1.807) is 0 Å². The topological polar surface area (TPSA) is 98.5 Å². The van der Waals surface area contributed by atoms with Crippen molar-refractivity contribution >= 4 is 23.3 Å². The van der Waals surface area contributed by atoms with Gasteiger partial charge in [-0.3, -0.25) is 14.9 Å². The number of carbonyl (C=O) groups excluding carboxylic acids is 2. The smallest absolute Gasteiger partial charge is 0.344 e. The second kappa shape index (κ2) is 5.06. The number of amides is 1. The van der Waals surface area contributed by atoms with Crippen LogP contribution < -0.4 is 5.32 Å². The average molecular weight is 238 g/mol. The molecule has 0 aliphatic rings. The van der Waals surface area contributed by atoms with E-state index in [1.165, 1.54) is 19.1 Å². The molecule has 0 spiro atoms. The largest absolute Gasteiger partial charge is 0.465 e. The van der Waals surface area contributed by atoms with E-state index < -0.39 is 16.6 Å². The molecule has 0 unspecified atom stereocenters. The van der Waals surface area contributed by atoms with Gasteiger partial charge in [-0.25, -0.2) is 4.79 Å². The number of hydrogen-bond acceptors (Lipinski definition) is 5. The zero-order valence-electron chi connectivity index (χ0n) is 9.22. The van der Waals surface area contributed by atoms with Gasteiger partial charge in [-0.05, 0) is 12.1 Å². The second-order valence-corrected chi connectivity index (χ2v) is 3.16. The van der Waals surface area contributed by atoms with Crippen molar-refractivity contribution in [3.05, 3.63) is 33.9 Å². The first-order chi connectivity index (χ1) is 7.95. The summed E-state index contributed by atoms with van der Waals surface area (Å²) in [5, 5.41) is 13.2. The summed E-state index contributed by atoms with van der Waals surface area (Å²) in [5.41, 5.74) is -0.327. The molecular formula is C10H10N2O5. The van der Waals surface area contributed by atoms with Crippen molar-refractivity contribution in [2.75, 3.05) is 12.4 Å². The van der Waals surface area contributed by atoms with E-state index in [9.17, 15) is 19.7 Å². The van der Waals surface area contributed by atoms with Crippen LogP contribution in [0, 0.1) is 10.1 Å². The first kappa shape index (κ1) is 12.6. The van der Waals surface area contributed by atoms with Crippen LogP contribution in [0.3, 0.4) is 0 Å². The molecule has 17 heavy (non-hydrogen) atoms. The highest BCUT2D eigenvalue weighted by Gasteiger charge is 2.21. The number of carbonyl (C=O) groups is 2. The highest BCUT2D eigenvalue weighted by atomic mass is 16.6. The molecular weight excluding hydrogens is 228 g/mol. The summed E-state index contributed by atoms with van der Waals surface area (Å²) in [6.45, 7) is 1.28. The first-order valence-electron chi connectivity index (χ1n) is 4.60. The van der Waals surface area contributed by atoms with Gasteiger partial charge >= 0.3 is 5.97 Å². The quantitative estimate of drug-likeness (QED) is 0.486. The fraction of sp³-hybridized carbons (Fsp3) is 0.200. The van der Waals surface area contributed by atoms with Crippen LogP contribution in [0.4, 0.5) is 11.4 Å². The van der Waals surface area contributed by atoms with Crippen LogP contribution in [-0.2, 0) is 9.53 Å². The van der Waals surface area contributed by atoms with Gasteiger partial charge in [0.2, 0.25) is 5.91 Å². The van der Waals surface area contributed by atoms with Gasteiger partial charge in [0.25, 0.3) is 5.69 Å². The van der Waals surface area contributed by atoms with Gasteiger partial charge in [-0.1, -0.05) is 0 Å². The van der Waals surface area contributed by atoms with E-state index in [2.05, 4.69) is 10.1 Å². The Kier molecular flexibility index (Phi) is 3.76. The molecule has 1 N–H and O–H groups in total. The molecule has 0 radical (unpaired) electrons. The van der Waals surface area contributed by atoms with Crippen LogP contribution in [-0.4, -0.2) is 23.9 Å². The van der Waals surface area contributed by atoms with Gasteiger partial charge in [0.15, 0.2) is 0 Å². The molecule has 0 bridgehead atoms. The lowest BCUT2D eigenvalue weighted by molar-refractivity contribution is -0.385. The summed E-state index contributed by atoms with van der Waals surface area (Å²) >= 11 is 0. The van der Waals surface area contributed by atoms with E-state index in [0.717, 1.165) is 13.2 Å². The second-order valence-electron chi connectivity index (χ2n) is 3.16. The van der Waals surface area contributed by atoms with Crippen molar-refractivity contribution in [3.63, 3.8) is 0 Å². The molecule has 0 saturated heterocycles. The van der Waals surface area contributed by atoms with Gasteiger partial charge in [0.1, 0.15) is 5.56 Å². The van der Waals surface area contributed by atoms with Crippen molar-refractivity contribution in [2.45, 2.75) is 6.92 Å². The van der Waals surface area contributed by atoms with E-state index >= 15 is 0 Å². The third-order valence-corrected chi connectivity index (χ3v) is 1.92. The molecule has 1 aromatic rings. The molecule has 7 nitrogen and oxygen atoms in total. The van der Waals surface area contributed by atoms with Crippen molar-refractivity contribution < 1.29 is 19.2 Å². The number of ether oxygens (including phenoxy) is 1. The number of esters is 1.